The van der Waals surface area contributed by atoms with Gasteiger partial charge in [-0.25, -0.2) is 0 Å². The van der Waals surface area contributed by atoms with Gasteiger partial charge in [0.05, 0.1) is 0 Å². The molecule has 0 spiro atoms. The SMILES string of the molecule is CC(C)c1noc(N2C[C@@H]3C[C@H](C2)c2cc(-c4cccnc4)cc(=O)n2C3)n1. The Balaban J connectivity index is 1.50. The van der Waals surface area contributed by atoms with Crippen LogP contribution in [-0.4, -0.2) is 32.8 Å². The summed E-state index contributed by atoms with van der Waals surface area (Å²) in [5, 5.41) is 4.11. The molecule has 5 rings (SSSR count). The molecule has 7 nitrogen and oxygen atoms in total. The number of nitrogens with zero attached hydrogens (tertiary/aromatic N) is 5. The minimum Gasteiger partial charge on any atom is -0.323 e. The maximum Gasteiger partial charge on any atom is 0.324 e. The second-order valence-corrected chi connectivity index (χ2v) is 8.15. The van der Waals surface area contributed by atoms with Gasteiger partial charge in [-0.2, -0.15) is 4.98 Å². The van der Waals surface area contributed by atoms with Gasteiger partial charge in [0.2, 0.25) is 0 Å². The van der Waals surface area contributed by atoms with Crippen molar-refractivity contribution in [3.05, 3.63) is 58.5 Å². The predicted molar refractivity (Wildman–Crippen MR) is 105 cm³/mol. The van der Waals surface area contributed by atoms with Crippen LogP contribution in [0.2, 0.25) is 0 Å². The first kappa shape index (κ1) is 17.2. The van der Waals surface area contributed by atoms with Gasteiger partial charge in [0, 0.05) is 61.2 Å². The minimum atomic E-state index is 0.0689. The van der Waals surface area contributed by atoms with Crippen LogP contribution in [0, 0.1) is 5.92 Å². The van der Waals surface area contributed by atoms with Crippen LogP contribution in [0.4, 0.5) is 6.01 Å². The van der Waals surface area contributed by atoms with E-state index in [1.165, 1.54) is 0 Å². The summed E-state index contributed by atoms with van der Waals surface area (Å²) in [6.45, 7) is 6.47. The molecule has 2 aliphatic heterocycles. The van der Waals surface area contributed by atoms with Crippen LogP contribution in [0.3, 0.4) is 0 Å². The summed E-state index contributed by atoms with van der Waals surface area (Å²) in [4.78, 5) is 23.7. The third-order valence-electron chi connectivity index (χ3n) is 5.77. The van der Waals surface area contributed by atoms with Crippen LogP contribution in [0.25, 0.3) is 11.1 Å². The van der Waals surface area contributed by atoms with Crippen molar-refractivity contribution in [3.8, 4) is 11.1 Å². The van der Waals surface area contributed by atoms with Gasteiger partial charge in [0.25, 0.3) is 5.56 Å². The Morgan fingerprint density at radius 2 is 2.07 bits per heavy atom. The first-order valence-corrected chi connectivity index (χ1v) is 9.82. The number of pyridine rings is 2. The van der Waals surface area contributed by atoms with Crippen LogP contribution >= 0.6 is 0 Å². The van der Waals surface area contributed by atoms with Crippen LogP contribution < -0.4 is 10.5 Å². The summed E-state index contributed by atoms with van der Waals surface area (Å²) in [5.41, 5.74) is 3.06. The molecule has 0 radical (unpaired) electrons. The highest BCUT2D eigenvalue weighted by molar-refractivity contribution is 5.62. The van der Waals surface area contributed by atoms with E-state index in [0.29, 0.717) is 11.9 Å². The van der Waals surface area contributed by atoms with E-state index < -0.39 is 0 Å². The molecule has 0 amide bonds. The van der Waals surface area contributed by atoms with Crippen molar-refractivity contribution in [3.63, 3.8) is 0 Å². The molecule has 3 aromatic heterocycles. The zero-order valence-electron chi connectivity index (χ0n) is 16.1. The van der Waals surface area contributed by atoms with E-state index >= 15 is 0 Å². The van der Waals surface area contributed by atoms with Crippen LogP contribution in [0.15, 0.2) is 46.0 Å². The number of fused-ring (bicyclic) bond motifs is 4. The van der Waals surface area contributed by atoms with E-state index in [-0.39, 0.29) is 17.4 Å². The minimum absolute atomic E-state index is 0.0689. The first-order chi connectivity index (χ1) is 13.6. The van der Waals surface area contributed by atoms with E-state index in [9.17, 15) is 4.79 Å². The van der Waals surface area contributed by atoms with Crippen molar-refractivity contribution in [1.82, 2.24) is 19.7 Å². The van der Waals surface area contributed by atoms with Gasteiger partial charge in [0.1, 0.15) is 0 Å². The molecule has 3 aromatic rings. The second-order valence-electron chi connectivity index (χ2n) is 8.15. The number of anilines is 1. The van der Waals surface area contributed by atoms with Crippen molar-refractivity contribution < 1.29 is 4.52 Å². The average molecular weight is 377 g/mol. The fourth-order valence-corrected chi connectivity index (χ4v) is 4.40. The molecule has 2 aliphatic rings. The molecular weight excluding hydrogens is 354 g/mol. The largest absolute Gasteiger partial charge is 0.324 e. The third kappa shape index (κ3) is 2.91. The van der Waals surface area contributed by atoms with Gasteiger partial charge >= 0.3 is 6.01 Å². The molecule has 0 unspecified atom stereocenters. The zero-order valence-corrected chi connectivity index (χ0v) is 16.1. The van der Waals surface area contributed by atoms with Gasteiger partial charge < -0.3 is 14.0 Å². The van der Waals surface area contributed by atoms with Crippen molar-refractivity contribution >= 4 is 6.01 Å². The fourth-order valence-electron chi connectivity index (χ4n) is 4.40. The number of rotatable bonds is 3. The summed E-state index contributed by atoms with van der Waals surface area (Å²) < 4.78 is 7.47. The highest BCUT2D eigenvalue weighted by Gasteiger charge is 2.36. The van der Waals surface area contributed by atoms with Crippen molar-refractivity contribution in [2.75, 3.05) is 18.0 Å². The van der Waals surface area contributed by atoms with E-state index in [0.717, 1.165) is 48.7 Å². The molecule has 0 N–H and O–H groups in total. The lowest BCUT2D eigenvalue weighted by Gasteiger charge is -2.42. The lowest BCUT2D eigenvalue weighted by molar-refractivity contribution is 0.269. The highest BCUT2D eigenvalue weighted by atomic mass is 16.5. The number of aromatic nitrogens is 4. The van der Waals surface area contributed by atoms with Crippen LogP contribution in [0.1, 0.15) is 43.6 Å². The summed E-state index contributed by atoms with van der Waals surface area (Å²) >= 11 is 0. The third-order valence-corrected chi connectivity index (χ3v) is 5.77. The van der Waals surface area contributed by atoms with E-state index in [1.807, 2.05) is 16.7 Å². The van der Waals surface area contributed by atoms with Crippen molar-refractivity contribution in [2.24, 2.45) is 5.92 Å². The molecule has 28 heavy (non-hydrogen) atoms. The molecule has 5 heterocycles. The Bertz CT molecular complexity index is 1060. The maximum atomic E-state index is 12.8. The maximum absolute atomic E-state index is 12.8. The quantitative estimate of drug-likeness (QED) is 0.698. The molecule has 1 fully saturated rings. The number of hydrogen-bond acceptors (Lipinski definition) is 6. The van der Waals surface area contributed by atoms with Gasteiger partial charge in [-0.3, -0.25) is 9.78 Å². The summed E-state index contributed by atoms with van der Waals surface area (Å²) in [7, 11) is 0. The summed E-state index contributed by atoms with van der Waals surface area (Å²) in [6, 6.07) is 8.36. The summed E-state index contributed by atoms with van der Waals surface area (Å²) in [6.07, 6.45) is 4.63. The van der Waals surface area contributed by atoms with Crippen LogP contribution in [0.5, 0.6) is 0 Å². The van der Waals surface area contributed by atoms with Gasteiger partial charge in [-0.1, -0.05) is 25.1 Å². The van der Waals surface area contributed by atoms with Crippen molar-refractivity contribution in [2.45, 2.75) is 38.6 Å². The second kappa shape index (κ2) is 6.58. The number of hydrogen-bond donors (Lipinski definition) is 0. The Morgan fingerprint density at radius 3 is 2.82 bits per heavy atom. The standard InChI is InChI=1S/C21H23N5O2/c1-13(2)20-23-21(28-24-20)25-10-14-6-17(12-25)18-7-16(8-19(27)26(18)11-14)15-4-3-5-22-9-15/h3-5,7-9,13-14,17H,6,10-12H2,1-2H3/t14-,17+/m0/s1. The average Bonchev–Trinajstić information content (AvgIpc) is 3.20. The topological polar surface area (TPSA) is 77.0 Å². The lowest BCUT2D eigenvalue weighted by atomic mass is 9.82. The Hall–Kier alpha value is -2.96. The zero-order chi connectivity index (χ0) is 19.3. The Kier molecular flexibility index (Phi) is 4.03. The highest BCUT2D eigenvalue weighted by Crippen LogP contribution is 2.37. The van der Waals surface area contributed by atoms with Gasteiger partial charge in [0.15, 0.2) is 5.82 Å². The smallest absolute Gasteiger partial charge is 0.323 e. The normalized spacial score (nSPS) is 21.0. The first-order valence-electron chi connectivity index (χ1n) is 9.82. The predicted octanol–water partition coefficient (Wildman–Crippen LogP) is 3.04. The molecule has 0 saturated carbocycles. The summed E-state index contributed by atoms with van der Waals surface area (Å²) in [5.74, 6) is 1.65. The molecule has 0 aromatic carbocycles. The Labute approximate surface area is 163 Å². The van der Waals surface area contributed by atoms with E-state index in [2.05, 4.69) is 39.9 Å². The molecule has 2 bridgehead atoms. The fraction of sp³-hybridized carbons (Fsp3) is 0.429. The van der Waals surface area contributed by atoms with Crippen LogP contribution in [-0.2, 0) is 6.54 Å². The molecule has 144 valence electrons. The molecule has 7 heteroatoms. The Morgan fingerprint density at radius 1 is 1.18 bits per heavy atom. The number of piperidine rings is 1. The lowest BCUT2D eigenvalue weighted by Crippen LogP contribution is -2.47. The van der Waals surface area contributed by atoms with E-state index in [1.54, 1.807) is 18.5 Å². The molecular formula is C21H23N5O2. The molecule has 2 atom stereocenters. The van der Waals surface area contributed by atoms with Gasteiger partial charge in [-0.05, 0) is 30.0 Å². The van der Waals surface area contributed by atoms with Gasteiger partial charge in [-0.15, -0.1) is 0 Å². The van der Waals surface area contributed by atoms with E-state index in [4.69, 9.17) is 4.52 Å². The molecule has 0 aliphatic carbocycles. The van der Waals surface area contributed by atoms with Crippen molar-refractivity contribution in [1.29, 1.82) is 0 Å². The molecule has 1 saturated heterocycles. The monoisotopic (exact) mass is 377 g/mol.